The third kappa shape index (κ3) is 3.18. The second kappa shape index (κ2) is 4.71. The summed E-state index contributed by atoms with van der Waals surface area (Å²) in [6.07, 6.45) is -0.263. The molecule has 1 heterocycles. The van der Waals surface area contributed by atoms with Crippen molar-refractivity contribution in [2.24, 2.45) is 11.5 Å². The minimum Gasteiger partial charge on any atom is -0.370 e. The lowest BCUT2D eigenvalue weighted by atomic mass is 10.2. The molecule has 0 bridgehead atoms. The average molecular weight is 216 g/mol. The quantitative estimate of drug-likeness (QED) is 0.391. The molecule has 1 aliphatic heterocycles. The van der Waals surface area contributed by atoms with Crippen LogP contribution in [0.4, 0.5) is 0 Å². The van der Waals surface area contributed by atoms with Crippen molar-refractivity contribution in [3.05, 3.63) is 0 Å². The summed E-state index contributed by atoms with van der Waals surface area (Å²) in [7, 11) is 0. The van der Waals surface area contributed by atoms with E-state index in [1.165, 1.54) is 0 Å². The van der Waals surface area contributed by atoms with Gasteiger partial charge in [-0.2, -0.15) is 0 Å². The Kier molecular flexibility index (Phi) is 3.58. The van der Waals surface area contributed by atoms with E-state index >= 15 is 0 Å². The summed E-state index contributed by atoms with van der Waals surface area (Å²) in [6.45, 7) is 0.0356. The minimum atomic E-state index is -1.05. The first-order valence-electron chi connectivity index (χ1n) is 4.26. The average Bonchev–Trinajstić information content (AvgIpc) is 2.50. The van der Waals surface area contributed by atoms with Crippen molar-refractivity contribution < 1.29 is 19.2 Å². The molecule has 2 atom stereocenters. The van der Waals surface area contributed by atoms with Gasteiger partial charge in [-0.25, -0.2) is 5.48 Å². The van der Waals surface area contributed by atoms with Crippen LogP contribution in [0.5, 0.6) is 0 Å². The van der Waals surface area contributed by atoms with Crippen molar-refractivity contribution in [2.45, 2.75) is 18.5 Å². The lowest BCUT2D eigenvalue weighted by molar-refractivity contribution is -0.130. The van der Waals surface area contributed by atoms with Gasteiger partial charge in [-0.1, -0.05) is 0 Å². The fourth-order valence-electron chi connectivity index (χ4n) is 1.04. The second-order valence-corrected chi connectivity index (χ2v) is 3.12. The fourth-order valence-corrected chi connectivity index (χ4v) is 1.04. The molecule has 0 aromatic heterocycles. The predicted octanol–water partition coefficient (Wildman–Crippen LogP) is -3.26. The van der Waals surface area contributed by atoms with Gasteiger partial charge in [-0.15, -0.1) is 0 Å². The Morgan fingerprint density at radius 3 is 2.80 bits per heavy atom. The molecule has 0 radical (unpaired) electrons. The molecule has 0 aliphatic carbocycles. The lowest BCUT2D eigenvalue weighted by Crippen LogP contribution is -2.49. The number of carbonyl (C=O) groups excluding carboxylic acids is 3. The predicted molar refractivity (Wildman–Crippen MR) is 47.8 cm³/mol. The van der Waals surface area contributed by atoms with E-state index in [9.17, 15) is 14.4 Å². The van der Waals surface area contributed by atoms with Crippen molar-refractivity contribution in [3.63, 3.8) is 0 Å². The molecule has 8 heteroatoms. The molecule has 8 nitrogen and oxygen atoms in total. The highest BCUT2D eigenvalue weighted by molar-refractivity contribution is 5.92. The van der Waals surface area contributed by atoms with Crippen LogP contribution in [0, 0.1) is 0 Å². The maximum atomic E-state index is 11.3. The van der Waals surface area contributed by atoms with Gasteiger partial charge >= 0.3 is 0 Å². The number of primary amides is 1. The standard InChI is InChI=1S/C7H12N4O4/c8-3(1-5(9)12)6(13)10-4-2-15-11-7(4)14/h3-4H,1-2,8H2,(H2,9,12)(H,10,13)(H,11,14)/t3?,4-/m1/s1. The number of hydrogen-bond acceptors (Lipinski definition) is 5. The van der Waals surface area contributed by atoms with E-state index in [4.69, 9.17) is 11.5 Å². The van der Waals surface area contributed by atoms with E-state index in [1.807, 2.05) is 0 Å². The van der Waals surface area contributed by atoms with Crippen LogP contribution in [0.1, 0.15) is 6.42 Å². The van der Waals surface area contributed by atoms with Crippen LogP contribution in [0.25, 0.3) is 0 Å². The lowest BCUT2D eigenvalue weighted by Gasteiger charge is -2.12. The zero-order valence-corrected chi connectivity index (χ0v) is 7.86. The van der Waals surface area contributed by atoms with Gasteiger partial charge in [0.25, 0.3) is 5.91 Å². The number of nitrogens with one attached hydrogen (secondary N) is 2. The van der Waals surface area contributed by atoms with Crippen LogP contribution in [-0.4, -0.2) is 36.4 Å². The topological polar surface area (TPSA) is 137 Å². The summed E-state index contributed by atoms with van der Waals surface area (Å²) in [5, 5.41) is 2.33. The van der Waals surface area contributed by atoms with Gasteiger partial charge in [0.05, 0.1) is 12.5 Å². The van der Waals surface area contributed by atoms with E-state index in [2.05, 4.69) is 15.6 Å². The van der Waals surface area contributed by atoms with E-state index < -0.39 is 29.8 Å². The fraction of sp³-hybridized carbons (Fsp3) is 0.571. The van der Waals surface area contributed by atoms with Crippen molar-refractivity contribution in [2.75, 3.05) is 6.61 Å². The van der Waals surface area contributed by atoms with Crippen LogP contribution in [0.2, 0.25) is 0 Å². The summed E-state index contributed by atoms with van der Waals surface area (Å²) in [4.78, 5) is 37.3. The van der Waals surface area contributed by atoms with Gasteiger partial charge in [0.2, 0.25) is 11.8 Å². The Labute approximate surface area is 85.3 Å². The molecule has 3 amide bonds. The number of amides is 3. The third-order valence-electron chi connectivity index (χ3n) is 1.81. The third-order valence-corrected chi connectivity index (χ3v) is 1.81. The monoisotopic (exact) mass is 216 g/mol. The molecule has 1 aliphatic rings. The number of hydrogen-bond donors (Lipinski definition) is 4. The summed E-state index contributed by atoms with van der Waals surface area (Å²) in [6, 6.07) is -1.81. The van der Waals surface area contributed by atoms with Gasteiger partial charge < -0.3 is 16.8 Å². The van der Waals surface area contributed by atoms with E-state index in [-0.39, 0.29) is 13.0 Å². The van der Waals surface area contributed by atoms with Gasteiger partial charge in [-0.05, 0) is 0 Å². The van der Waals surface area contributed by atoms with Crippen LogP contribution in [0.3, 0.4) is 0 Å². The first kappa shape index (κ1) is 11.4. The van der Waals surface area contributed by atoms with Gasteiger partial charge in [-0.3, -0.25) is 19.2 Å². The minimum absolute atomic E-state index is 0.0356. The van der Waals surface area contributed by atoms with Gasteiger partial charge in [0.15, 0.2) is 0 Å². The van der Waals surface area contributed by atoms with E-state index in [1.54, 1.807) is 0 Å². The maximum absolute atomic E-state index is 11.3. The zero-order valence-electron chi connectivity index (χ0n) is 7.86. The molecule has 0 spiro atoms. The molecule has 0 saturated carbocycles. The molecular weight excluding hydrogens is 204 g/mol. The first-order valence-corrected chi connectivity index (χ1v) is 4.26. The molecule has 84 valence electrons. The highest BCUT2D eigenvalue weighted by atomic mass is 16.7. The Hall–Kier alpha value is -1.67. The Morgan fingerprint density at radius 2 is 2.33 bits per heavy atom. The van der Waals surface area contributed by atoms with Crippen LogP contribution >= 0.6 is 0 Å². The number of carbonyl (C=O) groups is 3. The molecule has 15 heavy (non-hydrogen) atoms. The molecule has 6 N–H and O–H groups in total. The summed E-state index contributed by atoms with van der Waals surface area (Å²) < 4.78 is 0. The molecule has 1 fully saturated rings. The zero-order chi connectivity index (χ0) is 11.4. The van der Waals surface area contributed by atoms with Gasteiger partial charge in [0, 0.05) is 0 Å². The Morgan fingerprint density at radius 1 is 1.67 bits per heavy atom. The van der Waals surface area contributed by atoms with E-state index in [0.717, 1.165) is 0 Å². The normalized spacial score (nSPS) is 21.9. The summed E-state index contributed by atoms with van der Waals surface area (Å²) >= 11 is 0. The molecule has 0 aromatic carbocycles. The van der Waals surface area contributed by atoms with Crippen molar-refractivity contribution in [1.29, 1.82) is 0 Å². The summed E-state index contributed by atoms with van der Waals surface area (Å²) in [5.41, 5.74) is 12.3. The molecule has 0 aromatic rings. The van der Waals surface area contributed by atoms with Crippen LogP contribution in [0.15, 0.2) is 0 Å². The summed E-state index contributed by atoms with van der Waals surface area (Å²) in [5.74, 6) is -1.74. The van der Waals surface area contributed by atoms with Crippen LogP contribution in [-0.2, 0) is 19.2 Å². The van der Waals surface area contributed by atoms with Crippen molar-refractivity contribution in [1.82, 2.24) is 10.8 Å². The van der Waals surface area contributed by atoms with Crippen LogP contribution < -0.4 is 22.3 Å². The molecular formula is C7H12N4O4. The molecule has 1 rings (SSSR count). The largest absolute Gasteiger partial charge is 0.370 e. The number of hydroxylamine groups is 1. The highest BCUT2D eigenvalue weighted by Gasteiger charge is 2.29. The van der Waals surface area contributed by atoms with E-state index in [0.29, 0.717) is 0 Å². The maximum Gasteiger partial charge on any atom is 0.268 e. The Bertz CT molecular complexity index is 293. The van der Waals surface area contributed by atoms with Gasteiger partial charge in [0.1, 0.15) is 12.6 Å². The number of rotatable bonds is 4. The smallest absolute Gasteiger partial charge is 0.268 e. The highest BCUT2D eigenvalue weighted by Crippen LogP contribution is 1.96. The first-order chi connectivity index (χ1) is 7.00. The Balaban J connectivity index is 2.40. The molecule has 1 unspecified atom stereocenters. The van der Waals surface area contributed by atoms with Crippen molar-refractivity contribution in [3.8, 4) is 0 Å². The second-order valence-electron chi connectivity index (χ2n) is 3.12. The SMILES string of the molecule is NC(=O)CC(N)C(=O)N[C@@H]1CONC1=O. The number of nitrogens with two attached hydrogens (primary N) is 2. The molecule has 1 saturated heterocycles. The van der Waals surface area contributed by atoms with Crippen molar-refractivity contribution >= 4 is 17.7 Å².